The first kappa shape index (κ1) is 16.4. The molecule has 1 heterocycles. The Labute approximate surface area is 129 Å². The van der Waals surface area contributed by atoms with E-state index in [1.54, 1.807) is 0 Å². The van der Waals surface area contributed by atoms with Crippen LogP contribution in [0.25, 0.3) is 0 Å². The first-order valence-corrected chi connectivity index (χ1v) is 8.73. The van der Waals surface area contributed by atoms with Crippen LogP contribution in [-0.2, 0) is 10.0 Å². The molecule has 22 heavy (non-hydrogen) atoms. The zero-order valence-electron chi connectivity index (χ0n) is 12.3. The van der Waals surface area contributed by atoms with Crippen molar-refractivity contribution in [3.05, 3.63) is 29.6 Å². The molecule has 8 heteroatoms. The normalized spacial score (nSPS) is 16.0. The molecule has 0 unspecified atom stereocenters. The average Bonchev–Trinajstić information content (AvgIpc) is 2.54. The van der Waals surface area contributed by atoms with Gasteiger partial charge in [0.15, 0.2) is 0 Å². The smallest absolute Gasteiger partial charge is 0.269 e. The molecule has 2 N–H and O–H groups in total. The highest BCUT2D eigenvalue weighted by Crippen LogP contribution is 2.23. The quantitative estimate of drug-likeness (QED) is 0.853. The van der Waals surface area contributed by atoms with Crippen molar-refractivity contribution in [2.24, 2.45) is 0 Å². The van der Waals surface area contributed by atoms with Crippen LogP contribution in [0.15, 0.2) is 18.3 Å². The number of nitrogens with zero attached hydrogens (tertiary/aromatic N) is 1. The first-order valence-electron chi connectivity index (χ1n) is 7.18. The van der Waals surface area contributed by atoms with E-state index in [-0.39, 0.29) is 17.2 Å². The minimum atomic E-state index is -3.67. The van der Waals surface area contributed by atoms with Crippen LogP contribution in [-0.4, -0.2) is 37.5 Å². The third kappa shape index (κ3) is 3.82. The van der Waals surface area contributed by atoms with Crippen LogP contribution in [0.2, 0.25) is 0 Å². The summed E-state index contributed by atoms with van der Waals surface area (Å²) in [5, 5.41) is 1.90. The Kier molecular flexibility index (Phi) is 5.12. The molecule has 1 aromatic heterocycles. The van der Waals surface area contributed by atoms with Gasteiger partial charge in [0.25, 0.3) is 11.8 Å². The molecule has 2 amide bonds. The summed E-state index contributed by atoms with van der Waals surface area (Å²) < 4.78 is 26.4. The van der Waals surface area contributed by atoms with Gasteiger partial charge in [0.2, 0.25) is 10.0 Å². The summed E-state index contributed by atoms with van der Waals surface area (Å²) >= 11 is 0. The zero-order chi connectivity index (χ0) is 16.2. The maximum Gasteiger partial charge on any atom is 0.269 e. The maximum absolute atomic E-state index is 12.2. The van der Waals surface area contributed by atoms with Gasteiger partial charge in [0.05, 0.1) is 10.8 Å². The molecule has 1 fully saturated rings. The second kappa shape index (κ2) is 6.87. The lowest BCUT2D eigenvalue weighted by Gasteiger charge is -2.21. The Morgan fingerprint density at radius 2 is 1.82 bits per heavy atom. The van der Waals surface area contributed by atoms with Gasteiger partial charge < -0.3 is 5.32 Å². The summed E-state index contributed by atoms with van der Waals surface area (Å²) in [5.74, 6) is -1.09. The number of sulfonamides is 1. The van der Waals surface area contributed by atoms with Crippen molar-refractivity contribution in [1.29, 1.82) is 0 Å². The standard InChI is InChI=1S/C14H19N3O4S/c1-15-14(19)12-8-7-10(9-16-12)13(18)17-22(20,21)11-5-3-2-4-6-11/h7-9,11H,2-6H2,1H3,(H,15,19)(H,17,18). The van der Waals surface area contributed by atoms with E-state index in [2.05, 4.69) is 15.0 Å². The number of rotatable bonds is 4. The molecule has 1 aliphatic carbocycles. The number of hydrogen-bond donors (Lipinski definition) is 2. The van der Waals surface area contributed by atoms with Crippen LogP contribution >= 0.6 is 0 Å². The molecule has 0 spiro atoms. The van der Waals surface area contributed by atoms with E-state index in [1.165, 1.54) is 25.4 Å². The van der Waals surface area contributed by atoms with Gasteiger partial charge in [-0.1, -0.05) is 19.3 Å². The number of carbonyl (C=O) groups excluding carboxylic acids is 2. The predicted molar refractivity (Wildman–Crippen MR) is 80.9 cm³/mol. The second-order valence-electron chi connectivity index (χ2n) is 5.25. The van der Waals surface area contributed by atoms with E-state index >= 15 is 0 Å². The van der Waals surface area contributed by atoms with Crippen molar-refractivity contribution in [3.8, 4) is 0 Å². The Morgan fingerprint density at radius 1 is 1.14 bits per heavy atom. The Hall–Kier alpha value is -1.96. The lowest BCUT2D eigenvalue weighted by molar-refractivity contribution is 0.0952. The molecule has 0 radical (unpaired) electrons. The first-order chi connectivity index (χ1) is 10.4. The zero-order valence-corrected chi connectivity index (χ0v) is 13.1. The SMILES string of the molecule is CNC(=O)c1ccc(C(=O)NS(=O)(=O)C2CCCCC2)cn1. The number of amides is 2. The molecule has 1 aliphatic rings. The highest BCUT2D eigenvalue weighted by Gasteiger charge is 2.29. The number of aromatic nitrogens is 1. The lowest BCUT2D eigenvalue weighted by atomic mass is 10.0. The van der Waals surface area contributed by atoms with E-state index in [0.29, 0.717) is 12.8 Å². The molecule has 0 aliphatic heterocycles. The molecule has 0 saturated heterocycles. The van der Waals surface area contributed by atoms with Crippen LogP contribution in [0.3, 0.4) is 0 Å². The molecule has 1 saturated carbocycles. The van der Waals surface area contributed by atoms with E-state index in [0.717, 1.165) is 19.3 Å². The molecule has 2 rings (SSSR count). The van der Waals surface area contributed by atoms with E-state index in [4.69, 9.17) is 0 Å². The molecule has 120 valence electrons. The second-order valence-corrected chi connectivity index (χ2v) is 7.21. The Balaban J connectivity index is 2.06. The minimum Gasteiger partial charge on any atom is -0.354 e. The minimum absolute atomic E-state index is 0.104. The molecule has 0 bridgehead atoms. The summed E-state index contributed by atoms with van der Waals surface area (Å²) in [7, 11) is -2.19. The van der Waals surface area contributed by atoms with Gasteiger partial charge in [-0.25, -0.2) is 13.1 Å². The summed E-state index contributed by atoms with van der Waals surface area (Å²) in [6.45, 7) is 0. The molecular weight excluding hydrogens is 306 g/mol. The van der Waals surface area contributed by atoms with Crippen molar-refractivity contribution in [3.63, 3.8) is 0 Å². The van der Waals surface area contributed by atoms with Gasteiger partial charge in [0.1, 0.15) is 5.69 Å². The van der Waals surface area contributed by atoms with Gasteiger partial charge in [-0.2, -0.15) is 0 Å². The third-order valence-electron chi connectivity index (χ3n) is 3.71. The third-order valence-corrected chi connectivity index (χ3v) is 5.53. The van der Waals surface area contributed by atoms with Crippen LogP contribution in [0.5, 0.6) is 0 Å². The van der Waals surface area contributed by atoms with Crippen molar-refractivity contribution in [2.75, 3.05) is 7.05 Å². The maximum atomic E-state index is 12.2. The summed E-state index contributed by atoms with van der Waals surface area (Å²) in [5.41, 5.74) is 0.265. The van der Waals surface area contributed by atoms with Crippen LogP contribution < -0.4 is 10.0 Å². The van der Waals surface area contributed by atoms with Crippen LogP contribution in [0, 0.1) is 0 Å². The van der Waals surface area contributed by atoms with Gasteiger partial charge in [-0.3, -0.25) is 14.6 Å². The van der Waals surface area contributed by atoms with Crippen molar-refractivity contribution in [1.82, 2.24) is 15.0 Å². The average molecular weight is 325 g/mol. The highest BCUT2D eigenvalue weighted by molar-refractivity contribution is 7.90. The van der Waals surface area contributed by atoms with Gasteiger partial charge in [-0.15, -0.1) is 0 Å². The van der Waals surface area contributed by atoms with Gasteiger partial charge in [-0.05, 0) is 25.0 Å². The monoisotopic (exact) mass is 325 g/mol. The summed E-state index contributed by atoms with van der Waals surface area (Å²) in [4.78, 5) is 27.2. The Bertz CT molecular complexity index is 649. The number of carbonyl (C=O) groups is 2. The fourth-order valence-electron chi connectivity index (χ4n) is 2.44. The number of pyridine rings is 1. The topological polar surface area (TPSA) is 105 Å². The van der Waals surface area contributed by atoms with Crippen molar-refractivity contribution in [2.45, 2.75) is 37.4 Å². The molecule has 0 atom stereocenters. The van der Waals surface area contributed by atoms with Crippen LogP contribution in [0.1, 0.15) is 53.0 Å². The number of hydrogen-bond acceptors (Lipinski definition) is 5. The van der Waals surface area contributed by atoms with E-state index < -0.39 is 21.2 Å². The fourth-order valence-corrected chi connectivity index (χ4v) is 3.93. The van der Waals surface area contributed by atoms with Crippen LogP contribution in [0.4, 0.5) is 0 Å². The predicted octanol–water partition coefficient (Wildman–Crippen LogP) is 0.833. The van der Waals surface area contributed by atoms with Crippen molar-refractivity contribution < 1.29 is 18.0 Å². The lowest BCUT2D eigenvalue weighted by Crippen LogP contribution is -2.39. The summed E-state index contributed by atoms with van der Waals surface area (Å²) in [6, 6.07) is 2.75. The van der Waals surface area contributed by atoms with Gasteiger partial charge in [0, 0.05) is 13.2 Å². The molecular formula is C14H19N3O4S. The largest absolute Gasteiger partial charge is 0.354 e. The van der Waals surface area contributed by atoms with Gasteiger partial charge >= 0.3 is 0 Å². The Morgan fingerprint density at radius 3 is 2.36 bits per heavy atom. The van der Waals surface area contributed by atoms with Crippen molar-refractivity contribution >= 4 is 21.8 Å². The number of nitrogens with one attached hydrogen (secondary N) is 2. The molecule has 0 aromatic carbocycles. The van der Waals surface area contributed by atoms with E-state index in [9.17, 15) is 18.0 Å². The van der Waals surface area contributed by atoms with E-state index in [1.807, 2.05) is 0 Å². The molecule has 1 aromatic rings. The highest BCUT2D eigenvalue weighted by atomic mass is 32.2. The molecule has 7 nitrogen and oxygen atoms in total. The fraction of sp³-hybridized carbons (Fsp3) is 0.500. The summed E-state index contributed by atoms with van der Waals surface area (Å²) in [6.07, 6.45) is 5.11.